The number of nitrogens with zero attached hydrogens (tertiary/aromatic N) is 1. The van der Waals surface area contributed by atoms with Gasteiger partial charge in [0.1, 0.15) is 0 Å². The Kier molecular flexibility index (Phi) is 7.43. The van der Waals surface area contributed by atoms with Crippen LogP contribution in [0, 0.1) is 0 Å². The van der Waals surface area contributed by atoms with E-state index in [4.69, 9.17) is 18.9 Å². The number of hydrogen-bond acceptors (Lipinski definition) is 6. The van der Waals surface area contributed by atoms with E-state index in [1.807, 2.05) is 0 Å². The Balaban J connectivity index is 2.74. The van der Waals surface area contributed by atoms with E-state index in [2.05, 4.69) is 0 Å². The van der Waals surface area contributed by atoms with Crippen molar-refractivity contribution < 1.29 is 27.4 Å². The van der Waals surface area contributed by atoms with Crippen molar-refractivity contribution in [3.05, 3.63) is 18.2 Å². The molecule has 0 saturated carbocycles. The van der Waals surface area contributed by atoms with Gasteiger partial charge in [0.15, 0.2) is 11.5 Å². The fourth-order valence-electron chi connectivity index (χ4n) is 1.73. The second kappa shape index (κ2) is 8.82. The molecule has 0 fully saturated rings. The molecule has 7 nitrogen and oxygen atoms in total. The molecule has 0 unspecified atom stereocenters. The molecule has 0 N–H and O–H groups in total. The lowest BCUT2D eigenvalue weighted by Gasteiger charge is -2.20. The topological polar surface area (TPSA) is 74.3 Å². The number of benzene rings is 1. The van der Waals surface area contributed by atoms with Gasteiger partial charge in [-0.05, 0) is 12.1 Å². The van der Waals surface area contributed by atoms with E-state index < -0.39 is 10.0 Å². The minimum atomic E-state index is -3.47. The average Bonchev–Trinajstić information content (AvgIpc) is 2.53. The Morgan fingerprint density at radius 3 is 2.27 bits per heavy atom. The highest BCUT2D eigenvalue weighted by molar-refractivity contribution is 7.92. The molecule has 8 heteroatoms. The van der Waals surface area contributed by atoms with Gasteiger partial charge in [0, 0.05) is 20.2 Å². The monoisotopic (exact) mass is 333 g/mol. The first kappa shape index (κ1) is 18.5. The van der Waals surface area contributed by atoms with Gasteiger partial charge < -0.3 is 18.9 Å². The SMILES string of the molecule is COCCOCCS(=O)(=O)N(C)c1ccc(OC)c(OC)c1. The molecule has 0 aliphatic rings. The summed E-state index contributed by atoms with van der Waals surface area (Å²) >= 11 is 0. The first-order valence-electron chi connectivity index (χ1n) is 6.71. The normalized spacial score (nSPS) is 11.3. The van der Waals surface area contributed by atoms with Crippen LogP contribution in [0.4, 0.5) is 5.69 Å². The number of anilines is 1. The Morgan fingerprint density at radius 1 is 1.00 bits per heavy atom. The van der Waals surface area contributed by atoms with Crippen molar-refractivity contribution in [2.75, 3.05) is 58.3 Å². The summed E-state index contributed by atoms with van der Waals surface area (Å²) in [6, 6.07) is 4.93. The lowest BCUT2D eigenvalue weighted by Crippen LogP contribution is -2.31. The van der Waals surface area contributed by atoms with Gasteiger partial charge in [-0.2, -0.15) is 0 Å². The van der Waals surface area contributed by atoms with E-state index in [1.54, 1.807) is 25.3 Å². The molecular weight excluding hydrogens is 310 g/mol. The maximum Gasteiger partial charge on any atom is 0.237 e. The Hall–Kier alpha value is -1.51. The minimum absolute atomic E-state index is 0.110. The van der Waals surface area contributed by atoms with Crippen LogP contribution in [0.15, 0.2) is 18.2 Å². The van der Waals surface area contributed by atoms with Crippen LogP contribution in [0.1, 0.15) is 0 Å². The second-order valence-electron chi connectivity index (χ2n) is 4.43. The third kappa shape index (κ3) is 5.04. The molecule has 0 aromatic heterocycles. The summed E-state index contributed by atoms with van der Waals surface area (Å²) in [5.41, 5.74) is 0.495. The van der Waals surface area contributed by atoms with Crippen LogP contribution in [0.3, 0.4) is 0 Å². The van der Waals surface area contributed by atoms with Gasteiger partial charge >= 0.3 is 0 Å². The van der Waals surface area contributed by atoms with Gasteiger partial charge in [-0.15, -0.1) is 0 Å². The van der Waals surface area contributed by atoms with E-state index in [0.29, 0.717) is 30.4 Å². The molecule has 1 aromatic rings. The van der Waals surface area contributed by atoms with Gasteiger partial charge in [0.25, 0.3) is 0 Å². The molecule has 126 valence electrons. The number of ether oxygens (including phenoxy) is 4. The van der Waals surface area contributed by atoms with Gasteiger partial charge in [0.05, 0.1) is 45.5 Å². The van der Waals surface area contributed by atoms with Crippen molar-refractivity contribution in [2.24, 2.45) is 0 Å². The summed E-state index contributed by atoms with van der Waals surface area (Å²) in [5.74, 6) is 0.903. The largest absolute Gasteiger partial charge is 0.493 e. The van der Waals surface area contributed by atoms with Crippen LogP contribution in [0.25, 0.3) is 0 Å². The molecule has 1 aromatic carbocycles. The van der Waals surface area contributed by atoms with Crippen molar-refractivity contribution in [1.29, 1.82) is 0 Å². The highest BCUT2D eigenvalue weighted by Crippen LogP contribution is 2.31. The molecule has 0 spiro atoms. The van der Waals surface area contributed by atoms with Crippen molar-refractivity contribution >= 4 is 15.7 Å². The van der Waals surface area contributed by atoms with Crippen LogP contribution >= 0.6 is 0 Å². The van der Waals surface area contributed by atoms with E-state index >= 15 is 0 Å². The molecule has 0 heterocycles. The first-order chi connectivity index (χ1) is 10.5. The molecule has 0 amide bonds. The van der Waals surface area contributed by atoms with Gasteiger partial charge in [-0.25, -0.2) is 8.42 Å². The predicted molar refractivity (Wildman–Crippen MR) is 84.4 cm³/mol. The van der Waals surface area contributed by atoms with E-state index in [9.17, 15) is 8.42 Å². The van der Waals surface area contributed by atoms with Crippen LogP contribution in [-0.4, -0.2) is 62.4 Å². The zero-order valence-corrected chi connectivity index (χ0v) is 14.2. The number of hydrogen-bond donors (Lipinski definition) is 0. The number of sulfonamides is 1. The highest BCUT2D eigenvalue weighted by Gasteiger charge is 2.19. The second-order valence-corrected chi connectivity index (χ2v) is 6.55. The highest BCUT2D eigenvalue weighted by atomic mass is 32.2. The maximum atomic E-state index is 12.3. The number of rotatable bonds is 10. The standard InChI is InChI=1S/C14H23NO6S/c1-15(22(16,17)10-9-21-8-7-18-2)12-5-6-13(19-3)14(11-12)20-4/h5-6,11H,7-10H2,1-4H3. The van der Waals surface area contributed by atoms with Crippen molar-refractivity contribution in [1.82, 2.24) is 0 Å². The molecule has 0 aliphatic heterocycles. The molecule has 0 radical (unpaired) electrons. The van der Waals surface area contributed by atoms with Crippen LogP contribution in [-0.2, 0) is 19.5 Å². The van der Waals surface area contributed by atoms with E-state index in [1.165, 1.54) is 25.6 Å². The van der Waals surface area contributed by atoms with Crippen molar-refractivity contribution in [2.45, 2.75) is 0 Å². The average molecular weight is 333 g/mol. The molecule has 0 saturated heterocycles. The van der Waals surface area contributed by atoms with Crippen molar-refractivity contribution in [3.63, 3.8) is 0 Å². The first-order valence-corrected chi connectivity index (χ1v) is 8.32. The lowest BCUT2D eigenvalue weighted by atomic mass is 10.3. The molecule has 0 bridgehead atoms. The molecule has 22 heavy (non-hydrogen) atoms. The van der Waals surface area contributed by atoms with Crippen LogP contribution in [0.2, 0.25) is 0 Å². The molecule has 1 rings (SSSR count). The maximum absolute atomic E-state index is 12.3. The Labute approximate surface area is 131 Å². The fourth-order valence-corrected chi connectivity index (χ4v) is 2.76. The summed E-state index contributed by atoms with van der Waals surface area (Å²) in [5, 5.41) is 0. The zero-order chi connectivity index (χ0) is 16.6. The lowest BCUT2D eigenvalue weighted by molar-refractivity contribution is 0.0785. The molecular formula is C14H23NO6S. The van der Waals surface area contributed by atoms with Gasteiger partial charge in [0.2, 0.25) is 10.0 Å². The fraction of sp³-hybridized carbons (Fsp3) is 0.571. The quantitative estimate of drug-likeness (QED) is 0.598. The summed E-state index contributed by atoms with van der Waals surface area (Å²) < 4.78 is 46.1. The number of methoxy groups -OCH3 is 3. The van der Waals surface area contributed by atoms with E-state index in [0.717, 1.165) is 0 Å². The summed E-state index contributed by atoms with van der Waals surface area (Å²) in [4.78, 5) is 0. The molecule has 0 aliphatic carbocycles. The Morgan fingerprint density at radius 2 is 1.68 bits per heavy atom. The van der Waals surface area contributed by atoms with Gasteiger partial charge in [-0.3, -0.25) is 4.31 Å². The van der Waals surface area contributed by atoms with Gasteiger partial charge in [-0.1, -0.05) is 0 Å². The minimum Gasteiger partial charge on any atom is -0.493 e. The third-order valence-electron chi connectivity index (χ3n) is 3.07. The Bertz CT molecular complexity index is 560. The van der Waals surface area contributed by atoms with E-state index in [-0.39, 0.29) is 12.4 Å². The smallest absolute Gasteiger partial charge is 0.237 e. The summed E-state index contributed by atoms with van der Waals surface area (Å²) in [6.45, 7) is 0.918. The zero-order valence-electron chi connectivity index (χ0n) is 13.4. The summed E-state index contributed by atoms with van der Waals surface area (Å²) in [6.07, 6.45) is 0. The van der Waals surface area contributed by atoms with Crippen molar-refractivity contribution in [3.8, 4) is 11.5 Å². The predicted octanol–water partition coefficient (Wildman–Crippen LogP) is 1.13. The van der Waals surface area contributed by atoms with Crippen LogP contribution in [0.5, 0.6) is 11.5 Å². The van der Waals surface area contributed by atoms with Crippen LogP contribution < -0.4 is 13.8 Å². The molecule has 0 atom stereocenters. The third-order valence-corrected chi connectivity index (χ3v) is 4.79. The summed E-state index contributed by atoms with van der Waals surface area (Å²) in [7, 11) is 2.60.